The van der Waals surface area contributed by atoms with Gasteiger partial charge >= 0.3 is 0 Å². The van der Waals surface area contributed by atoms with Gasteiger partial charge in [-0.15, -0.1) is 11.6 Å². The van der Waals surface area contributed by atoms with Gasteiger partial charge in [-0.25, -0.2) is 0 Å². The van der Waals surface area contributed by atoms with E-state index in [1.54, 1.807) is 10.7 Å². The molecular weight excluding hydrogens is 250 g/mol. The van der Waals surface area contributed by atoms with Crippen LogP contribution in [0.1, 0.15) is 41.9 Å². The van der Waals surface area contributed by atoms with Crippen molar-refractivity contribution >= 4 is 17.5 Å². The molecule has 5 heteroatoms. The fourth-order valence-corrected chi connectivity index (χ4v) is 2.87. The molecule has 1 aromatic heterocycles. The van der Waals surface area contributed by atoms with Crippen LogP contribution in [0.15, 0.2) is 6.07 Å². The molecular formula is C13H20ClN3O. The molecule has 1 aromatic rings. The third-order valence-electron chi connectivity index (χ3n) is 3.92. The summed E-state index contributed by atoms with van der Waals surface area (Å²) in [7, 11) is 1.84. The maximum Gasteiger partial charge on any atom is 0.271 e. The average Bonchev–Trinajstić information content (AvgIpc) is 2.95. The first-order valence-electron chi connectivity index (χ1n) is 6.41. The van der Waals surface area contributed by atoms with Crippen LogP contribution in [-0.4, -0.2) is 28.1 Å². The van der Waals surface area contributed by atoms with Crippen molar-refractivity contribution < 1.29 is 4.79 Å². The second kappa shape index (κ2) is 5.31. The van der Waals surface area contributed by atoms with Gasteiger partial charge < -0.3 is 5.32 Å². The number of carbonyl (C=O) groups is 1. The molecule has 0 aromatic carbocycles. The second-order valence-electron chi connectivity index (χ2n) is 5.32. The standard InChI is InChI=1S/C13H20ClN3O/c1-10-7-11(16-17(10)2)12(18)15-9-13(8-14)5-3-4-6-13/h7H,3-6,8-9H2,1-2H3,(H,15,18). The number of nitrogens with one attached hydrogen (secondary N) is 1. The van der Waals surface area contributed by atoms with Crippen LogP contribution < -0.4 is 5.32 Å². The fourth-order valence-electron chi connectivity index (χ4n) is 2.51. The maximum absolute atomic E-state index is 12.0. The summed E-state index contributed by atoms with van der Waals surface area (Å²) in [6.07, 6.45) is 4.65. The van der Waals surface area contributed by atoms with Gasteiger partial charge in [0.05, 0.1) is 0 Å². The molecule has 1 fully saturated rings. The van der Waals surface area contributed by atoms with Crippen LogP contribution in [0.3, 0.4) is 0 Å². The summed E-state index contributed by atoms with van der Waals surface area (Å²) in [5.41, 5.74) is 1.56. The molecule has 0 radical (unpaired) electrons. The number of rotatable bonds is 4. The molecule has 100 valence electrons. The van der Waals surface area contributed by atoms with Crippen LogP contribution in [0.4, 0.5) is 0 Å². The first-order chi connectivity index (χ1) is 8.56. The maximum atomic E-state index is 12.0. The number of nitrogens with zero attached hydrogens (tertiary/aromatic N) is 2. The zero-order valence-electron chi connectivity index (χ0n) is 11.0. The predicted octanol–water partition coefficient (Wildman–Crippen LogP) is 2.26. The molecule has 4 nitrogen and oxygen atoms in total. The van der Waals surface area contributed by atoms with E-state index in [0.29, 0.717) is 18.1 Å². The summed E-state index contributed by atoms with van der Waals surface area (Å²) in [6.45, 7) is 2.59. The van der Waals surface area contributed by atoms with Gasteiger partial charge in [0.15, 0.2) is 0 Å². The van der Waals surface area contributed by atoms with E-state index in [1.807, 2.05) is 14.0 Å². The molecule has 0 saturated heterocycles. The van der Waals surface area contributed by atoms with E-state index in [-0.39, 0.29) is 11.3 Å². The highest BCUT2D eigenvalue weighted by Gasteiger charge is 2.33. The van der Waals surface area contributed by atoms with E-state index in [2.05, 4.69) is 10.4 Å². The van der Waals surface area contributed by atoms with E-state index in [1.165, 1.54) is 12.8 Å². The quantitative estimate of drug-likeness (QED) is 0.853. The zero-order chi connectivity index (χ0) is 13.2. The summed E-state index contributed by atoms with van der Waals surface area (Å²) >= 11 is 6.05. The molecule has 0 unspecified atom stereocenters. The number of carbonyl (C=O) groups excluding carboxylic acids is 1. The molecule has 18 heavy (non-hydrogen) atoms. The van der Waals surface area contributed by atoms with Crippen molar-refractivity contribution in [3.8, 4) is 0 Å². The van der Waals surface area contributed by atoms with E-state index >= 15 is 0 Å². The summed E-state index contributed by atoms with van der Waals surface area (Å²) < 4.78 is 1.71. The molecule has 1 aliphatic rings. The van der Waals surface area contributed by atoms with Crippen molar-refractivity contribution in [2.75, 3.05) is 12.4 Å². The van der Waals surface area contributed by atoms with Crippen molar-refractivity contribution in [2.24, 2.45) is 12.5 Å². The number of hydrogen-bond donors (Lipinski definition) is 1. The molecule has 1 amide bonds. The Kier molecular flexibility index (Phi) is 3.95. The Balaban J connectivity index is 1.95. The number of hydrogen-bond acceptors (Lipinski definition) is 2. The summed E-state index contributed by atoms with van der Waals surface area (Å²) in [4.78, 5) is 12.0. The number of halogens is 1. The van der Waals surface area contributed by atoms with Crippen molar-refractivity contribution in [3.05, 3.63) is 17.5 Å². The first-order valence-corrected chi connectivity index (χ1v) is 6.95. The lowest BCUT2D eigenvalue weighted by atomic mass is 9.88. The number of aromatic nitrogens is 2. The predicted molar refractivity (Wildman–Crippen MR) is 71.9 cm³/mol. The van der Waals surface area contributed by atoms with Gasteiger partial charge in [-0.2, -0.15) is 5.10 Å². The van der Waals surface area contributed by atoms with Gasteiger partial charge in [-0.05, 0) is 25.8 Å². The van der Waals surface area contributed by atoms with Crippen LogP contribution in [0.2, 0.25) is 0 Å². The Morgan fingerprint density at radius 1 is 1.56 bits per heavy atom. The van der Waals surface area contributed by atoms with Crippen molar-refractivity contribution in [2.45, 2.75) is 32.6 Å². The minimum Gasteiger partial charge on any atom is -0.350 e. The van der Waals surface area contributed by atoms with Gasteiger partial charge in [0, 0.05) is 30.6 Å². The first kappa shape index (κ1) is 13.4. The van der Waals surface area contributed by atoms with E-state index in [0.717, 1.165) is 18.5 Å². The largest absolute Gasteiger partial charge is 0.350 e. The Labute approximate surface area is 113 Å². The topological polar surface area (TPSA) is 46.9 Å². The molecule has 0 aliphatic heterocycles. The number of alkyl halides is 1. The van der Waals surface area contributed by atoms with Crippen LogP contribution >= 0.6 is 11.6 Å². The van der Waals surface area contributed by atoms with Gasteiger partial charge in [-0.3, -0.25) is 9.48 Å². The summed E-state index contributed by atoms with van der Waals surface area (Å²) in [6, 6.07) is 1.80. The normalized spacial score (nSPS) is 17.9. The lowest BCUT2D eigenvalue weighted by molar-refractivity contribution is 0.0929. The van der Waals surface area contributed by atoms with Gasteiger partial charge in [0.25, 0.3) is 5.91 Å². The molecule has 1 N–H and O–H groups in total. The summed E-state index contributed by atoms with van der Waals surface area (Å²) in [5.74, 6) is 0.518. The molecule has 1 aliphatic carbocycles. The lowest BCUT2D eigenvalue weighted by Gasteiger charge is -2.26. The Morgan fingerprint density at radius 2 is 2.22 bits per heavy atom. The van der Waals surface area contributed by atoms with Gasteiger partial charge in [0.2, 0.25) is 0 Å². The van der Waals surface area contributed by atoms with Crippen LogP contribution in [-0.2, 0) is 7.05 Å². The smallest absolute Gasteiger partial charge is 0.271 e. The second-order valence-corrected chi connectivity index (χ2v) is 5.59. The Morgan fingerprint density at radius 3 is 2.72 bits per heavy atom. The van der Waals surface area contributed by atoms with Gasteiger partial charge in [0.1, 0.15) is 5.69 Å². The third-order valence-corrected chi connectivity index (χ3v) is 4.49. The Hall–Kier alpha value is -1.03. The highest BCUT2D eigenvalue weighted by atomic mass is 35.5. The highest BCUT2D eigenvalue weighted by Crippen LogP contribution is 2.38. The number of amides is 1. The Bertz CT molecular complexity index is 416. The van der Waals surface area contributed by atoms with Crippen molar-refractivity contribution in [1.29, 1.82) is 0 Å². The van der Waals surface area contributed by atoms with Crippen molar-refractivity contribution in [3.63, 3.8) is 0 Å². The minimum atomic E-state index is -0.102. The molecule has 0 spiro atoms. The molecule has 0 atom stereocenters. The van der Waals surface area contributed by atoms with E-state index in [9.17, 15) is 4.79 Å². The van der Waals surface area contributed by atoms with Gasteiger partial charge in [-0.1, -0.05) is 12.8 Å². The molecule has 2 rings (SSSR count). The monoisotopic (exact) mass is 269 g/mol. The average molecular weight is 270 g/mol. The highest BCUT2D eigenvalue weighted by molar-refractivity contribution is 6.18. The number of aryl methyl sites for hydroxylation is 2. The zero-order valence-corrected chi connectivity index (χ0v) is 11.8. The molecule has 1 saturated carbocycles. The van der Waals surface area contributed by atoms with Crippen LogP contribution in [0, 0.1) is 12.3 Å². The third kappa shape index (κ3) is 2.69. The minimum absolute atomic E-state index is 0.0983. The fraction of sp³-hybridized carbons (Fsp3) is 0.692. The lowest BCUT2D eigenvalue weighted by Crippen LogP contribution is -2.37. The SMILES string of the molecule is Cc1cc(C(=O)NCC2(CCl)CCCC2)nn1C. The van der Waals surface area contributed by atoms with E-state index in [4.69, 9.17) is 11.6 Å². The molecule has 1 heterocycles. The van der Waals surface area contributed by atoms with Crippen LogP contribution in [0.5, 0.6) is 0 Å². The van der Waals surface area contributed by atoms with Crippen LogP contribution in [0.25, 0.3) is 0 Å². The van der Waals surface area contributed by atoms with E-state index < -0.39 is 0 Å². The van der Waals surface area contributed by atoms with Crippen molar-refractivity contribution in [1.82, 2.24) is 15.1 Å². The summed E-state index contributed by atoms with van der Waals surface area (Å²) in [5, 5.41) is 7.15. The molecule has 0 bridgehead atoms.